The summed E-state index contributed by atoms with van der Waals surface area (Å²) < 4.78 is 11.9. The lowest BCUT2D eigenvalue weighted by Crippen LogP contribution is -2.20. The van der Waals surface area contributed by atoms with Gasteiger partial charge in [-0.3, -0.25) is 4.79 Å². The molecule has 0 saturated heterocycles. The van der Waals surface area contributed by atoms with Gasteiger partial charge in [0.25, 0.3) is 5.91 Å². The number of hydrogen-bond donors (Lipinski definition) is 1. The van der Waals surface area contributed by atoms with Gasteiger partial charge in [-0.15, -0.1) is 0 Å². The van der Waals surface area contributed by atoms with Gasteiger partial charge in [-0.1, -0.05) is 28.1 Å². The van der Waals surface area contributed by atoms with Crippen LogP contribution in [-0.2, 0) is 4.79 Å². The second-order valence-electron chi connectivity index (χ2n) is 4.22. The molecular weight excluding hydrogens is 334 g/mol. The maximum absolute atomic E-state index is 11.9. The van der Waals surface area contributed by atoms with Gasteiger partial charge in [0.15, 0.2) is 18.1 Å². The minimum Gasteiger partial charge on any atom is -0.490 e. The Kier molecular flexibility index (Phi) is 5.63. The number of amides is 1. The predicted octanol–water partition coefficient (Wildman–Crippen LogP) is 3.87. The van der Waals surface area contributed by atoms with Crippen LogP contribution in [-0.4, -0.2) is 19.1 Å². The fourth-order valence-corrected chi connectivity index (χ4v) is 1.98. The Morgan fingerprint density at radius 1 is 1.05 bits per heavy atom. The molecule has 2 aromatic carbocycles. The highest BCUT2D eigenvalue weighted by atomic mass is 79.9. The van der Waals surface area contributed by atoms with E-state index in [9.17, 15) is 4.79 Å². The molecule has 1 N–H and O–H groups in total. The number of rotatable bonds is 6. The minimum atomic E-state index is -0.219. The number of carbonyl (C=O) groups excluding carboxylic acids is 1. The van der Waals surface area contributed by atoms with E-state index in [1.54, 1.807) is 6.07 Å². The lowest BCUT2D eigenvalue weighted by Gasteiger charge is -2.11. The zero-order chi connectivity index (χ0) is 15.1. The largest absolute Gasteiger partial charge is 0.490 e. The number of carbonyl (C=O) groups is 1. The van der Waals surface area contributed by atoms with Crippen LogP contribution in [0.4, 0.5) is 5.69 Å². The third-order valence-corrected chi connectivity index (χ3v) is 3.16. The van der Waals surface area contributed by atoms with Crippen molar-refractivity contribution in [1.82, 2.24) is 0 Å². The van der Waals surface area contributed by atoms with Crippen molar-refractivity contribution in [3.05, 3.63) is 53.0 Å². The molecular formula is C16H16BrNO3. The van der Waals surface area contributed by atoms with Crippen LogP contribution in [0.2, 0.25) is 0 Å². The van der Waals surface area contributed by atoms with Gasteiger partial charge >= 0.3 is 0 Å². The summed E-state index contributed by atoms with van der Waals surface area (Å²) in [4.78, 5) is 11.9. The van der Waals surface area contributed by atoms with Crippen molar-refractivity contribution in [2.75, 3.05) is 18.5 Å². The fourth-order valence-electron chi connectivity index (χ4n) is 1.72. The lowest BCUT2D eigenvalue weighted by atomic mass is 10.3. The zero-order valence-corrected chi connectivity index (χ0v) is 13.2. The molecule has 0 radical (unpaired) electrons. The smallest absolute Gasteiger partial charge is 0.262 e. The average Bonchev–Trinajstić information content (AvgIpc) is 2.49. The van der Waals surface area contributed by atoms with Crippen LogP contribution >= 0.6 is 15.9 Å². The van der Waals surface area contributed by atoms with E-state index < -0.39 is 0 Å². The van der Waals surface area contributed by atoms with Gasteiger partial charge < -0.3 is 14.8 Å². The van der Waals surface area contributed by atoms with Crippen molar-refractivity contribution in [2.45, 2.75) is 6.92 Å². The molecule has 0 heterocycles. The lowest BCUT2D eigenvalue weighted by molar-refractivity contribution is -0.118. The number of para-hydroxylation sites is 2. The molecule has 5 heteroatoms. The van der Waals surface area contributed by atoms with Gasteiger partial charge in [0, 0.05) is 10.2 Å². The van der Waals surface area contributed by atoms with Crippen molar-refractivity contribution in [3.8, 4) is 11.5 Å². The van der Waals surface area contributed by atoms with Gasteiger partial charge in [-0.05, 0) is 43.3 Å². The SMILES string of the molecule is CCOc1ccccc1OCC(=O)Nc1ccc(Br)cc1. The van der Waals surface area contributed by atoms with E-state index in [-0.39, 0.29) is 12.5 Å². The predicted molar refractivity (Wildman–Crippen MR) is 85.9 cm³/mol. The summed E-state index contributed by atoms with van der Waals surface area (Å²) in [6.07, 6.45) is 0. The maximum atomic E-state index is 11.9. The van der Waals surface area contributed by atoms with Crippen molar-refractivity contribution in [3.63, 3.8) is 0 Å². The molecule has 0 unspecified atom stereocenters. The Morgan fingerprint density at radius 2 is 1.67 bits per heavy atom. The normalized spacial score (nSPS) is 10.0. The molecule has 0 saturated carbocycles. The Morgan fingerprint density at radius 3 is 2.29 bits per heavy atom. The molecule has 2 rings (SSSR count). The van der Waals surface area contributed by atoms with Crippen molar-refractivity contribution in [1.29, 1.82) is 0 Å². The molecule has 0 aromatic heterocycles. The molecule has 0 bridgehead atoms. The van der Waals surface area contributed by atoms with Crippen LogP contribution < -0.4 is 14.8 Å². The second-order valence-corrected chi connectivity index (χ2v) is 5.14. The van der Waals surface area contributed by atoms with Crippen LogP contribution in [0.3, 0.4) is 0 Å². The number of nitrogens with one attached hydrogen (secondary N) is 1. The highest BCUT2D eigenvalue weighted by Gasteiger charge is 2.07. The van der Waals surface area contributed by atoms with E-state index in [2.05, 4.69) is 21.2 Å². The maximum Gasteiger partial charge on any atom is 0.262 e. The number of hydrogen-bond acceptors (Lipinski definition) is 3. The molecule has 0 aliphatic heterocycles. The molecule has 0 aliphatic rings. The summed E-state index contributed by atoms with van der Waals surface area (Å²) in [5.41, 5.74) is 0.727. The summed E-state index contributed by atoms with van der Waals surface area (Å²) in [5.74, 6) is 0.977. The van der Waals surface area contributed by atoms with E-state index in [1.807, 2.05) is 49.4 Å². The van der Waals surface area contributed by atoms with Gasteiger partial charge in [0.2, 0.25) is 0 Å². The molecule has 21 heavy (non-hydrogen) atoms. The molecule has 0 atom stereocenters. The molecule has 2 aromatic rings. The number of ether oxygens (including phenoxy) is 2. The summed E-state index contributed by atoms with van der Waals surface area (Å²) >= 11 is 3.34. The summed E-state index contributed by atoms with van der Waals surface area (Å²) in [7, 11) is 0. The third kappa shape index (κ3) is 4.79. The molecule has 0 fully saturated rings. The van der Waals surface area contributed by atoms with Crippen LogP contribution in [0, 0.1) is 0 Å². The first-order valence-electron chi connectivity index (χ1n) is 6.59. The Hall–Kier alpha value is -2.01. The number of halogens is 1. The molecule has 4 nitrogen and oxygen atoms in total. The summed E-state index contributed by atoms with van der Waals surface area (Å²) in [6.45, 7) is 2.38. The Bertz CT molecular complexity index is 599. The Labute approximate surface area is 132 Å². The van der Waals surface area contributed by atoms with E-state index in [4.69, 9.17) is 9.47 Å². The fraction of sp³-hybridized carbons (Fsp3) is 0.188. The third-order valence-electron chi connectivity index (χ3n) is 2.64. The first-order valence-corrected chi connectivity index (χ1v) is 7.38. The van der Waals surface area contributed by atoms with Crippen molar-refractivity contribution >= 4 is 27.5 Å². The first kappa shape index (κ1) is 15.4. The summed E-state index contributed by atoms with van der Waals surface area (Å²) in [6, 6.07) is 14.6. The molecule has 110 valence electrons. The first-order chi connectivity index (χ1) is 10.2. The highest BCUT2D eigenvalue weighted by Crippen LogP contribution is 2.26. The van der Waals surface area contributed by atoms with Crippen LogP contribution in [0.15, 0.2) is 53.0 Å². The quantitative estimate of drug-likeness (QED) is 0.861. The molecule has 1 amide bonds. The van der Waals surface area contributed by atoms with Crippen molar-refractivity contribution < 1.29 is 14.3 Å². The Balaban J connectivity index is 1.90. The van der Waals surface area contributed by atoms with E-state index in [0.717, 1.165) is 10.2 Å². The highest BCUT2D eigenvalue weighted by molar-refractivity contribution is 9.10. The molecule has 0 spiro atoms. The van der Waals surface area contributed by atoms with E-state index in [0.29, 0.717) is 18.1 Å². The van der Waals surface area contributed by atoms with E-state index >= 15 is 0 Å². The zero-order valence-electron chi connectivity index (χ0n) is 11.6. The monoisotopic (exact) mass is 349 g/mol. The van der Waals surface area contributed by atoms with Gasteiger partial charge in [-0.2, -0.15) is 0 Å². The average molecular weight is 350 g/mol. The second kappa shape index (κ2) is 7.69. The standard InChI is InChI=1S/C16H16BrNO3/c1-2-20-14-5-3-4-6-15(14)21-11-16(19)18-13-9-7-12(17)8-10-13/h3-10H,2,11H2,1H3,(H,18,19). The molecule has 0 aliphatic carbocycles. The van der Waals surface area contributed by atoms with Crippen LogP contribution in [0.25, 0.3) is 0 Å². The van der Waals surface area contributed by atoms with Gasteiger partial charge in [-0.25, -0.2) is 0 Å². The van der Waals surface area contributed by atoms with Crippen LogP contribution in [0.1, 0.15) is 6.92 Å². The summed E-state index contributed by atoms with van der Waals surface area (Å²) in [5, 5.41) is 2.77. The van der Waals surface area contributed by atoms with Crippen molar-refractivity contribution in [2.24, 2.45) is 0 Å². The number of anilines is 1. The van der Waals surface area contributed by atoms with Gasteiger partial charge in [0.05, 0.1) is 6.61 Å². The van der Waals surface area contributed by atoms with E-state index in [1.165, 1.54) is 0 Å². The number of benzene rings is 2. The van der Waals surface area contributed by atoms with Gasteiger partial charge in [0.1, 0.15) is 0 Å². The topological polar surface area (TPSA) is 47.6 Å². The van der Waals surface area contributed by atoms with Crippen LogP contribution in [0.5, 0.6) is 11.5 Å². The minimum absolute atomic E-state index is 0.0693.